The van der Waals surface area contributed by atoms with Gasteiger partial charge in [0.15, 0.2) is 0 Å². The Kier molecular flexibility index (Phi) is 3.77. The second kappa shape index (κ2) is 5.57. The highest BCUT2D eigenvalue weighted by atomic mass is 35.5. The van der Waals surface area contributed by atoms with Gasteiger partial charge in [-0.25, -0.2) is 4.39 Å². The minimum Gasteiger partial charge on any atom is -0.496 e. The number of hydrogen-bond donors (Lipinski definition) is 0. The Bertz CT molecular complexity index is 672. The molecule has 0 aliphatic carbocycles. The summed E-state index contributed by atoms with van der Waals surface area (Å²) in [5.41, 5.74) is 2.33. The minimum atomic E-state index is -0.595. The summed E-state index contributed by atoms with van der Waals surface area (Å²) < 4.78 is 25.0. The molecule has 0 saturated carbocycles. The second-order valence-corrected chi connectivity index (χ2v) is 5.65. The molecular formula is C17H16ClFO2. The van der Waals surface area contributed by atoms with Crippen LogP contribution in [0.1, 0.15) is 29.0 Å². The molecular weight excluding hydrogens is 291 g/mol. The van der Waals surface area contributed by atoms with Crippen LogP contribution in [0, 0.1) is 5.82 Å². The molecule has 2 nitrogen and oxygen atoms in total. The third-order valence-corrected chi connectivity index (χ3v) is 4.17. The highest BCUT2D eigenvalue weighted by Gasteiger charge is 2.24. The molecule has 2 unspecified atom stereocenters. The molecule has 3 rings (SSSR count). The van der Waals surface area contributed by atoms with Gasteiger partial charge in [-0.05, 0) is 36.2 Å². The number of benzene rings is 2. The largest absolute Gasteiger partial charge is 0.496 e. The summed E-state index contributed by atoms with van der Waals surface area (Å²) in [4.78, 5) is 0. The number of halogens is 2. The van der Waals surface area contributed by atoms with E-state index in [1.54, 1.807) is 12.1 Å². The molecule has 110 valence electrons. The third kappa shape index (κ3) is 2.58. The number of rotatable bonds is 3. The third-order valence-electron chi connectivity index (χ3n) is 3.70. The average molecular weight is 307 g/mol. The Hall–Kier alpha value is -1.74. The van der Waals surface area contributed by atoms with Crippen molar-refractivity contribution in [3.63, 3.8) is 0 Å². The van der Waals surface area contributed by atoms with Crippen molar-refractivity contribution in [1.29, 1.82) is 0 Å². The zero-order valence-electron chi connectivity index (χ0n) is 11.9. The summed E-state index contributed by atoms with van der Waals surface area (Å²) in [5.74, 6) is 0.982. The van der Waals surface area contributed by atoms with E-state index in [4.69, 9.17) is 21.1 Å². The molecule has 1 aliphatic heterocycles. The lowest BCUT2D eigenvalue weighted by Gasteiger charge is -2.16. The topological polar surface area (TPSA) is 18.5 Å². The van der Waals surface area contributed by atoms with Crippen LogP contribution in [0.5, 0.6) is 11.5 Å². The standard InChI is InChI=1S/C17H16ClFO2/c1-10-8-12-9-11(6-7-14(12)21-10)17(18)16-13(19)4-3-5-15(16)20-2/h3-7,9-10,17H,8H2,1-2H3. The SMILES string of the molecule is COc1cccc(F)c1C(Cl)c1ccc2c(c1)CC(C)O2. The molecule has 21 heavy (non-hydrogen) atoms. The number of hydrogen-bond acceptors (Lipinski definition) is 2. The van der Waals surface area contributed by atoms with E-state index in [0.29, 0.717) is 11.3 Å². The lowest BCUT2D eigenvalue weighted by molar-refractivity contribution is 0.254. The van der Waals surface area contributed by atoms with E-state index in [0.717, 1.165) is 23.3 Å². The van der Waals surface area contributed by atoms with Gasteiger partial charge in [0.05, 0.1) is 18.1 Å². The van der Waals surface area contributed by atoms with Gasteiger partial charge in [0.25, 0.3) is 0 Å². The maximum atomic E-state index is 14.1. The Morgan fingerprint density at radius 1 is 1.33 bits per heavy atom. The van der Waals surface area contributed by atoms with Gasteiger partial charge in [-0.1, -0.05) is 18.2 Å². The first-order valence-corrected chi connectivity index (χ1v) is 7.29. The van der Waals surface area contributed by atoms with E-state index in [1.807, 2.05) is 25.1 Å². The van der Waals surface area contributed by atoms with E-state index in [9.17, 15) is 4.39 Å². The van der Waals surface area contributed by atoms with Crippen LogP contribution in [0.15, 0.2) is 36.4 Å². The zero-order valence-corrected chi connectivity index (χ0v) is 12.7. The van der Waals surface area contributed by atoms with Gasteiger partial charge < -0.3 is 9.47 Å². The van der Waals surface area contributed by atoms with Crippen LogP contribution in [0.4, 0.5) is 4.39 Å². The van der Waals surface area contributed by atoms with Crippen molar-refractivity contribution in [2.75, 3.05) is 7.11 Å². The minimum absolute atomic E-state index is 0.173. The number of alkyl halides is 1. The second-order valence-electron chi connectivity index (χ2n) is 5.22. The van der Waals surface area contributed by atoms with E-state index < -0.39 is 5.38 Å². The molecule has 2 aromatic carbocycles. The molecule has 2 atom stereocenters. The lowest BCUT2D eigenvalue weighted by Crippen LogP contribution is -2.05. The first-order chi connectivity index (χ1) is 10.1. The van der Waals surface area contributed by atoms with E-state index in [-0.39, 0.29) is 11.9 Å². The molecule has 0 radical (unpaired) electrons. The molecule has 1 aliphatic rings. The Labute approximate surface area is 128 Å². The summed E-state index contributed by atoms with van der Waals surface area (Å²) in [6.45, 7) is 2.03. The number of fused-ring (bicyclic) bond motifs is 1. The predicted molar refractivity (Wildman–Crippen MR) is 80.9 cm³/mol. The molecule has 4 heteroatoms. The summed E-state index contributed by atoms with van der Waals surface area (Å²) in [7, 11) is 1.51. The van der Waals surface area contributed by atoms with Crippen molar-refractivity contribution in [1.82, 2.24) is 0 Å². The monoisotopic (exact) mass is 306 g/mol. The Balaban J connectivity index is 2.00. The fourth-order valence-corrected chi connectivity index (χ4v) is 3.05. The van der Waals surface area contributed by atoms with E-state index in [1.165, 1.54) is 13.2 Å². The van der Waals surface area contributed by atoms with Gasteiger partial charge in [0.2, 0.25) is 0 Å². The smallest absolute Gasteiger partial charge is 0.131 e. The van der Waals surface area contributed by atoms with Crippen molar-refractivity contribution in [2.24, 2.45) is 0 Å². The zero-order chi connectivity index (χ0) is 15.0. The average Bonchev–Trinajstić information content (AvgIpc) is 2.85. The van der Waals surface area contributed by atoms with Crippen LogP contribution < -0.4 is 9.47 Å². The van der Waals surface area contributed by atoms with Crippen molar-refractivity contribution in [3.8, 4) is 11.5 Å². The van der Waals surface area contributed by atoms with Crippen LogP contribution >= 0.6 is 11.6 Å². The Morgan fingerprint density at radius 3 is 2.90 bits per heavy atom. The highest BCUT2D eigenvalue weighted by molar-refractivity contribution is 6.22. The van der Waals surface area contributed by atoms with Crippen molar-refractivity contribution in [3.05, 3.63) is 58.9 Å². The molecule has 1 heterocycles. The van der Waals surface area contributed by atoms with Gasteiger partial charge in [-0.15, -0.1) is 11.6 Å². The summed E-state index contributed by atoms with van der Waals surface area (Å²) in [5, 5.41) is -0.595. The van der Waals surface area contributed by atoms with Crippen LogP contribution in [0.2, 0.25) is 0 Å². The van der Waals surface area contributed by atoms with Crippen molar-refractivity contribution in [2.45, 2.75) is 24.8 Å². The molecule has 0 bridgehead atoms. The molecule has 2 aromatic rings. The van der Waals surface area contributed by atoms with Gasteiger partial charge in [0.1, 0.15) is 23.4 Å². The fourth-order valence-electron chi connectivity index (χ4n) is 2.71. The predicted octanol–water partition coefficient (Wildman–Crippen LogP) is 4.49. The summed E-state index contributed by atoms with van der Waals surface area (Å²) in [6.07, 6.45) is 1.02. The Morgan fingerprint density at radius 2 is 2.14 bits per heavy atom. The lowest BCUT2D eigenvalue weighted by atomic mass is 9.99. The van der Waals surface area contributed by atoms with Gasteiger partial charge in [-0.2, -0.15) is 0 Å². The molecule has 0 N–H and O–H groups in total. The fraction of sp³-hybridized carbons (Fsp3) is 0.294. The first-order valence-electron chi connectivity index (χ1n) is 6.86. The van der Waals surface area contributed by atoms with E-state index >= 15 is 0 Å². The summed E-state index contributed by atoms with van der Waals surface area (Å²) >= 11 is 6.50. The maximum absolute atomic E-state index is 14.1. The van der Waals surface area contributed by atoms with Gasteiger partial charge in [-0.3, -0.25) is 0 Å². The first kappa shape index (κ1) is 14.2. The van der Waals surface area contributed by atoms with Crippen LogP contribution in [0.3, 0.4) is 0 Å². The van der Waals surface area contributed by atoms with Crippen molar-refractivity contribution < 1.29 is 13.9 Å². The molecule has 0 fully saturated rings. The highest BCUT2D eigenvalue weighted by Crippen LogP contribution is 2.39. The van der Waals surface area contributed by atoms with Gasteiger partial charge >= 0.3 is 0 Å². The van der Waals surface area contributed by atoms with Crippen LogP contribution in [-0.2, 0) is 6.42 Å². The van der Waals surface area contributed by atoms with E-state index in [2.05, 4.69) is 0 Å². The number of methoxy groups -OCH3 is 1. The van der Waals surface area contributed by atoms with Crippen LogP contribution in [-0.4, -0.2) is 13.2 Å². The molecule has 0 aromatic heterocycles. The molecule has 0 saturated heterocycles. The molecule has 0 amide bonds. The van der Waals surface area contributed by atoms with Crippen LogP contribution in [0.25, 0.3) is 0 Å². The number of ether oxygens (including phenoxy) is 2. The van der Waals surface area contributed by atoms with Crippen molar-refractivity contribution >= 4 is 11.6 Å². The molecule has 0 spiro atoms. The normalized spacial score (nSPS) is 18.0. The quantitative estimate of drug-likeness (QED) is 0.778. The maximum Gasteiger partial charge on any atom is 0.131 e. The summed E-state index contributed by atoms with van der Waals surface area (Å²) in [6, 6.07) is 10.5. The van der Waals surface area contributed by atoms with Gasteiger partial charge in [0, 0.05) is 6.42 Å².